The van der Waals surface area contributed by atoms with Crippen LogP contribution in [0.15, 0.2) is 12.3 Å². The van der Waals surface area contributed by atoms with Crippen molar-refractivity contribution in [2.45, 2.75) is 117 Å². The van der Waals surface area contributed by atoms with Gasteiger partial charge in [-0.1, -0.05) is 66.4 Å². The van der Waals surface area contributed by atoms with Crippen LogP contribution in [0.5, 0.6) is 0 Å². The van der Waals surface area contributed by atoms with Crippen LogP contribution in [0.1, 0.15) is 72.6 Å². The monoisotopic (exact) mass is 372 g/mol. The van der Waals surface area contributed by atoms with E-state index in [0.29, 0.717) is 0 Å². The fourth-order valence-corrected chi connectivity index (χ4v) is 4.84. The lowest BCUT2D eigenvalue weighted by Crippen LogP contribution is -2.44. The molecule has 0 unspecified atom stereocenters. The summed E-state index contributed by atoms with van der Waals surface area (Å²) in [7, 11) is -3.33. The normalized spacial score (nSPS) is 14.5. The fraction of sp³-hybridized carbons (Fsp3) is 0.900. The van der Waals surface area contributed by atoms with Crippen molar-refractivity contribution in [1.82, 2.24) is 0 Å². The van der Waals surface area contributed by atoms with Crippen LogP contribution >= 0.6 is 0 Å². The molecule has 0 rings (SSSR count). The second-order valence-corrected chi connectivity index (χ2v) is 18.8. The number of unbranched alkanes of at least 4 members (excludes halogenated alkanes) is 4. The molecule has 0 aliphatic rings. The minimum absolute atomic E-state index is 0.244. The van der Waals surface area contributed by atoms with E-state index in [-0.39, 0.29) is 11.1 Å². The van der Waals surface area contributed by atoms with Gasteiger partial charge in [0.05, 0.1) is 11.9 Å². The Bertz CT molecular complexity index is 365. The molecule has 0 saturated heterocycles. The minimum Gasteiger partial charge on any atom is -0.548 e. The van der Waals surface area contributed by atoms with Gasteiger partial charge in [0.2, 0.25) is 8.32 Å². The molecule has 0 bridgehead atoms. The zero-order chi connectivity index (χ0) is 19.0. The van der Waals surface area contributed by atoms with Crippen molar-refractivity contribution in [2.75, 3.05) is 0 Å². The molecule has 0 amide bonds. The molecular formula is C20H44O2Si2. The van der Waals surface area contributed by atoms with E-state index in [1.54, 1.807) is 0 Å². The van der Waals surface area contributed by atoms with Crippen LogP contribution in [0.3, 0.4) is 0 Å². The maximum absolute atomic E-state index is 6.71. The van der Waals surface area contributed by atoms with E-state index in [9.17, 15) is 0 Å². The zero-order valence-electron chi connectivity index (χ0n) is 18.1. The molecule has 24 heavy (non-hydrogen) atoms. The van der Waals surface area contributed by atoms with E-state index in [2.05, 4.69) is 67.0 Å². The zero-order valence-corrected chi connectivity index (χ0v) is 20.1. The van der Waals surface area contributed by atoms with Crippen LogP contribution in [0, 0.1) is 0 Å². The van der Waals surface area contributed by atoms with Crippen molar-refractivity contribution >= 4 is 16.6 Å². The molecule has 0 aliphatic heterocycles. The van der Waals surface area contributed by atoms with Gasteiger partial charge in [0.15, 0.2) is 8.32 Å². The van der Waals surface area contributed by atoms with E-state index in [0.717, 1.165) is 18.6 Å². The summed E-state index contributed by atoms with van der Waals surface area (Å²) in [6.07, 6.45) is 8.79. The van der Waals surface area contributed by atoms with Crippen LogP contribution < -0.4 is 0 Å². The molecule has 0 saturated carbocycles. The van der Waals surface area contributed by atoms with E-state index in [4.69, 9.17) is 8.85 Å². The van der Waals surface area contributed by atoms with Crippen LogP contribution in [-0.4, -0.2) is 22.7 Å². The predicted octanol–water partition coefficient (Wildman–Crippen LogP) is 7.49. The molecular weight excluding hydrogens is 328 g/mol. The Kier molecular flexibility index (Phi) is 10.1. The highest BCUT2D eigenvalue weighted by atomic mass is 28.4. The molecule has 4 heteroatoms. The third kappa shape index (κ3) is 10.7. The lowest BCUT2D eigenvalue weighted by molar-refractivity contribution is 0.154. The molecule has 0 aromatic rings. The Balaban J connectivity index is 4.74. The van der Waals surface area contributed by atoms with Gasteiger partial charge in [-0.15, -0.1) is 0 Å². The SMILES string of the molecule is C=C(C[C@@H](CCCCCCC)O[Si](C)(C)C(C)(C)C)O[Si](C)(C)C. The Morgan fingerprint density at radius 2 is 1.50 bits per heavy atom. The summed E-state index contributed by atoms with van der Waals surface area (Å²) in [6.45, 7) is 24.7. The molecule has 0 fully saturated rings. The van der Waals surface area contributed by atoms with Crippen molar-refractivity contribution in [3.05, 3.63) is 12.3 Å². The van der Waals surface area contributed by atoms with Crippen molar-refractivity contribution in [2.24, 2.45) is 0 Å². The maximum atomic E-state index is 6.71. The lowest BCUT2D eigenvalue weighted by atomic mass is 10.1. The standard InChI is InChI=1S/C20H44O2Si2/c1-11-12-13-14-15-16-19(17-18(2)21-23(6,7)8)22-24(9,10)20(3,4)5/h19H,2,11-17H2,1,3-10H3/t19-/m1/s1. The molecule has 0 radical (unpaired) electrons. The lowest BCUT2D eigenvalue weighted by Gasteiger charge is -2.39. The quantitative estimate of drug-likeness (QED) is 0.201. The minimum atomic E-state index is -1.75. The number of hydrogen-bond donors (Lipinski definition) is 0. The van der Waals surface area contributed by atoms with E-state index >= 15 is 0 Å². The van der Waals surface area contributed by atoms with Crippen LogP contribution in [0.25, 0.3) is 0 Å². The van der Waals surface area contributed by atoms with E-state index in [1.165, 1.54) is 32.1 Å². The highest BCUT2D eigenvalue weighted by Crippen LogP contribution is 2.38. The number of rotatable bonds is 12. The molecule has 0 heterocycles. The second-order valence-electron chi connectivity index (χ2n) is 9.66. The highest BCUT2D eigenvalue weighted by Gasteiger charge is 2.39. The Labute approximate surface area is 154 Å². The topological polar surface area (TPSA) is 18.5 Å². The summed E-state index contributed by atoms with van der Waals surface area (Å²) in [5.41, 5.74) is 0. The molecule has 0 N–H and O–H groups in total. The summed E-state index contributed by atoms with van der Waals surface area (Å²) in [4.78, 5) is 0. The molecule has 0 aliphatic carbocycles. The summed E-state index contributed by atoms with van der Waals surface area (Å²) in [5.74, 6) is 0.923. The Morgan fingerprint density at radius 3 is 1.96 bits per heavy atom. The molecule has 0 aromatic carbocycles. The molecule has 144 valence electrons. The fourth-order valence-electron chi connectivity index (χ4n) is 2.50. The Hall–Kier alpha value is -0.0662. The summed E-state index contributed by atoms with van der Waals surface area (Å²) in [5, 5.41) is 0.244. The van der Waals surface area contributed by atoms with Gasteiger partial charge >= 0.3 is 0 Å². The third-order valence-corrected chi connectivity index (χ3v) is 10.2. The van der Waals surface area contributed by atoms with E-state index < -0.39 is 16.6 Å². The third-order valence-electron chi connectivity index (χ3n) is 4.80. The van der Waals surface area contributed by atoms with Gasteiger partial charge in [-0.25, -0.2) is 0 Å². The molecule has 1 atom stereocenters. The summed E-state index contributed by atoms with van der Waals surface area (Å²) >= 11 is 0. The van der Waals surface area contributed by atoms with Crippen molar-refractivity contribution in [3.8, 4) is 0 Å². The first-order chi connectivity index (χ1) is 10.8. The van der Waals surface area contributed by atoms with Crippen molar-refractivity contribution in [3.63, 3.8) is 0 Å². The first-order valence-electron chi connectivity index (χ1n) is 9.83. The van der Waals surface area contributed by atoms with E-state index in [1.807, 2.05) is 0 Å². The summed E-state index contributed by atoms with van der Waals surface area (Å²) < 4.78 is 12.8. The van der Waals surface area contributed by atoms with Crippen LogP contribution in [0.2, 0.25) is 37.8 Å². The first-order valence-corrected chi connectivity index (χ1v) is 16.1. The number of hydrogen-bond acceptors (Lipinski definition) is 2. The molecule has 0 spiro atoms. The van der Waals surface area contributed by atoms with Gasteiger partial charge < -0.3 is 8.85 Å². The highest BCUT2D eigenvalue weighted by molar-refractivity contribution is 6.74. The average molecular weight is 373 g/mol. The Morgan fingerprint density at radius 1 is 0.958 bits per heavy atom. The van der Waals surface area contributed by atoms with Gasteiger partial charge in [-0.05, 0) is 44.2 Å². The van der Waals surface area contributed by atoms with Gasteiger partial charge in [-0.3, -0.25) is 0 Å². The van der Waals surface area contributed by atoms with Crippen LogP contribution in [0.4, 0.5) is 0 Å². The van der Waals surface area contributed by atoms with Gasteiger partial charge in [0, 0.05) is 6.42 Å². The summed E-state index contributed by atoms with van der Waals surface area (Å²) in [6, 6.07) is 0. The van der Waals surface area contributed by atoms with Crippen LogP contribution in [-0.2, 0) is 8.85 Å². The van der Waals surface area contributed by atoms with Gasteiger partial charge in [0.25, 0.3) is 0 Å². The first kappa shape index (κ1) is 23.9. The smallest absolute Gasteiger partial charge is 0.241 e. The predicted molar refractivity (Wildman–Crippen MR) is 114 cm³/mol. The average Bonchev–Trinajstić information content (AvgIpc) is 2.34. The van der Waals surface area contributed by atoms with Crippen molar-refractivity contribution < 1.29 is 8.85 Å². The van der Waals surface area contributed by atoms with Crippen molar-refractivity contribution in [1.29, 1.82) is 0 Å². The molecule has 0 aromatic heterocycles. The largest absolute Gasteiger partial charge is 0.548 e. The van der Waals surface area contributed by atoms with Gasteiger partial charge in [0.1, 0.15) is 0 Å². The second kappa shape index (κ2) is 10.2. The van der Waals surface area contributed by atoms with Gasteiger partial charge in [-0.2, -0.15) is 0 Å². The maximum Gasteiger partial charge on any atom is 0.241 e. The molecule has 2 nitrogen and oxygen atoms in total.